The molecule has 2 aromatic rings. The molecule has 0 aliphatic heterocycles. The summed E-state index contributed by atoms with van der Waals surface area (Å²) in [4.78, 5) is 36.0. The van der Waals surface area contributed by atoms with E-state index in [1.807, 2.05) is 13.8 Å². The number of nitro benzene ring substituents is 1. The topological polar surface area (TPSA) is 121 Å². The van der Waals surface area contributed by atoms with Crippen LogP contribution in [0.4, 0.5) is 11.5 Å². The molecule has 0 aliphatic carbocycles. The zero-order chi connectivity index (χ0) is 19.8. The van der Waals surface area contributed by atoms with E-state index in [2.05, 4.69) is 15.5 Å². The SMILES string of the molecule is CCN(CC)C(=O)CCCC(=O)Nc1cc(-c2cccc([N+](=O)[O-])c2)[nH]n1. The molecule has 1 heterocycles. The molecule has 0 atom stereocenters. The Morgan fingerprint density at radius 1 is 1.22 bits per heavy atom. The van der Waals surface area contributed by atoms with Crippen LogP contribution in [0.2, 0.25) is 0 Å². The molecule has 144 valence electrons. The fourth-order valence-electron chi connectivity index (χ4n) is 2.66. The van der Waals surface area contributed by atoms with Crippen LogP contribution in [-0.2, 0) is 9.59 Å². The molecule has 0 saturated carbocycles. The van der Waals surface area contributed by atoms with Gasteiger partial charge in [0.2, 0.25) is 11.8 Å². The lowest BCUT2D eigenvalue weighted by Gasteiger charge is -2.18. The molecule has 9 heteroatoms. The standard InChI is InChI=1S/C18H23N5O4/c1-3-22(4-2)18(25)10-6-9-17(24)19-16-12-15(20-21-16)13-7-5-8-14(11-13)23(26)27/h5,7-8,11-12H,3-4,6,9-10H2,1-2H3,(H2,19,20,21,24). The number of amides is 2. The summed E-state index contributed by atoms with van der Waals surface area (Å²) in [5.74, 6) is 0.136. The van der Waals surface area contributed by atoms with Crippen molar-refractivity contribution < 1.29 is 14.5 Å². The third-order valence-electron chi connectivity index (χ3n) is 4.12. The molecule has 0 spiro atoms. The molecular formula is C18H23N5O4. The monoisotopic (exact) mass is 373 g/mol. The number of aromatic nitrogens is 2. The predicted molar refractivity (Wildman–Crippen MR) is 101 cm³/mol. The van der Waals surface area contributed by atoms with Crippen LogP contribution < -0.4 is 5.32 Å². The van der Waals surface area contributed by atoms with E-state index in [0.29, 0.717) is 43.0 Å². The van der Waals surface area contributed by atoms with Gasteiger partial charge in [0, 0.05) is 49.7 Å². The van der Waals surface area contributed by atoms with Crippen molar-refractivity contribution in [3.05, 3.63) is 40.4 Å². The number of non-ortho nitro benzene ring substituents is 1. The fourth-order valence-corrected chi connectivity index (χ4v) is 2.66. The summed E-state index contributed by atoms with van der Waals surface area (Å²) in [5, 5.41) is 20.3. The van der Waals surface area contributed by atoms with Gasteiger partial charge in [-0.3, -0.25) is 24.8 Å². The second-order valence-electron chi connectivity index (χ2n) is 5.94. The minimum Gasteiger partial charge on any atom is -0.343 e. The summed E-state index contributed by atoms with van der Waals surface area (Å²) in [5.41, 5.74) is 1.14. The van der Waals surface area contributed by atoms with Gasteiger partial charge in [-0.15, -0.1) is 0 Å². The van der Waals surface area contributed by atoms with Crippen LogP contribution in [-0.4, -0.2) is 44.9 Å². The minimum absolute atomic E-state index is 0.0226. The highest BCUT2D eigenvalue weighted by atomic mass is 16.6. The van der Waals surface area contributed by atoms with Crippen molar-refractivity contribution >= 4 is 23.3 Å². The lowest BCUT2D eigenvalue weighted by atomic mass is 10.1. The summed E-state index contributed by atoms with van der Waals surface area (Å²) >= 11 is 0. The highest BCUT2D eigenvalue weighted by Gasteiger charge is 2.13. The number of carbonyl (C=O) groups is 2. The van der Waals surface area contributed by atoms with Gasteiger partial charge in [-0.05, 0) is 20.3 Å². The van der Waals surface area contributed by atoms with E-state index in [1.165, 1.54) is 12.1 Å². The molecular weight excluding hydrogens is 350 g/mol. The molecule has 2 rings (SSSR count). The third-order valence-corrected chi connectivity index (χ3v) is 4.12. The van der Waals surface area contributed by atoms with Gasteiger partial charge < -0.3 is 10.2 Å². The number of nitrogens with one attached hydrogen (secondary N) is 2. The van der Waals surface area contributed by atoms with E-state index >= 15 is 0 Å². The van der Waals surface area contributed by atoms with Crippen molar-refractivity contribution in [2.24, 2.45) is 0 Å². The quantitative estimate of drug-likeness (QED) is 0.517. The zero-order valence-corrected chi connectivity index (χ0v) is 15.4. The average molecular weight is 373 g/mol. The lowest BCUT2D eigenvalue weighted by Crippen LogP contribution is -2.30. The first-order valence-electron chi connectivity index (χ1n) is 8.82. The van der Waals surface area contributed by atoms with Gasteiger partial charge in [-0.2, -0.15) is 5.10 Å². The van der Waals surface area contributed by atoms with Crippen LogP contribution in [0.3, 0.4) is 0 Å². The molecule has 1 aromatic heterocycles. The number of nitrogens with zero attached hydrogens (tertiary/aromatic N) is 3. The van der Waals surface area contributed by atoms with Crippen LogP contribution in [0.15, 0.2) is 30.3 Å². The second kappa shape index (κ2) is 9.46. The summed E-state index contributed by atoms with van der Waals surface area (Å²) in [6, 6.07) is 7.74. The Kier molecular flexibility index (Phi) is 7.04. The molecule has 0 aliphatic rings. The van der Waals surface area contributed by atoms with Gasteiger partial charge >= 0.3 is 0 Å². The Bertz CT molecular complexity index is 814. The molecule has 0 fully saturated rings. The van der Waals surface area contributed by atoms with Crippen LogP contribution in [0, 0.1) is 10.1 Å². The largest absolute Gasteiger partial charge is 0.343 e. The smallest absolute Gasteiger partial charge is 0.270 e. The first-order chi connectivity index (χ1) is 12.9. The summed E-state index contributed by atoms with van der Waals surface area (Å²) in [7, 11) is 0. The Hall–Kier alpha value is -3.23. The number of benzene rings is 1. The maximum absolute atomic E-state index is 12.0. The van der Waals surface area contributed by atoms with E-state index in [9.17, 15) is 19.7 Å². The number of anilines is 1. The number of hydrogen-bond acceptors (Lipinski definition) is 5. The van der Waals surface area contributed by atoms with Crippen molar-refractivity contribution in [1.29, 1.82) is 0 Å². The van der Waals surface area contributed by atoms with Gasteiger partial charge in [-0.1, -0.05) is 12.1 Å². The highest BCUT2D eigenvalue weighted by Crippen LogP contribution is 2.23. The number of rotatable bonds is 9. The van der Waals surface area contributed by atoms with Gasteiger partial charge in [-0.25, -0.2) is 0 Å². The van der Waals surface area contributed by atoms with Gasteiger partial charge in [0.05, 0.1) is 10.6 Å². The zero-order valence-electron chi connectivity index (χ0n) is 15.4. The summed E-state index contributed by atoms with van der Waals surface area (Å²) in [6.07, 6.45) is 1.00. The maximum Gasteiger partial charge on any atom is 0.270 e. The molecule has 27 heavy (non-hydrogen) atoms. The molecule has 0 radical (unpaired) electrons. The number of aromatic amines is 1. The Balaban J connectivity index is 1.88. The summed E-state index contributed by atoms with van der Waals surface area (Å²) < 4.78 is 0. The van der Waals surface area contributed by atoms with Crippen LogP contribution in [0.5, 0.6) is 0 Å². The minimum atomic E-state index is -0.470. The van der Waals surface area contributed by atoms with Crippen molar-refractivity contribution in [2.75, 3.05) is 18.4 Å². The van der Waals surface area contributed by atoms with Crippen molar-refractivity contribution in [3.8, 4) is 11.3 Å². The van der Waals surface area contributed by atoms with E-state index in [4.69, 9.17) is 0 Å². The first kappa shape index (κ1) is 20.1. The van der Waals surface area contributed by atoms with Gasteiger partial charge in [0.15, 0.2) is 5.82 Å². The second-order valence-corrected chi connectivity index (χ2v) is 5.94. The Labute approximate surface area is 156 Å². The number of carbonyl (C=O) groups excluding carboxylic acids is 2. The molecule has 0 unspecified atom stereocenters. The maximum atomic E-state index is 12.0. The van der Waals surface area contributed by atoms with E-state index in [0.717, 1.165) is 0 Å². The number of nitro groups is 1. The third kappa shape index (κ3) is 5.63. The highest BCUT2D eigenvalue weighted by molar-refractivity contribution is 5.90. The average Bonchev–Trinajstić information content (AvgIpc) is 3.11. The Morgan fingerprint density at radius 3 is 2.63 bits per heavy atom. The first-order valence-corrected chi connectivity index (χ1v) is 8.82. The molecule has 0 bridgehead atoms. The summed E-state index contributed by atoms with van der Waals surface area (Å²) in [6.45, 7) is 5.17. The number of H-pyrrole nitrogens is 1. The lowest BCUT2D eigenvalue weighted by molar-refractivity contribution is -0.384. The van der Waals surface area contributed by atoms with Crippen molar-refractivity contribution in [1.82, 2.24) is 15.1 Å². The fraction of sp³-hybridized carbons (Fsp3) is 0.389. The molecule has 9 nitrogen and oxygen atoms in total. The van der Waals surface area contributed by atoms with Crippen molar-refractivity contribution in [3.63, 3.8) is 0 Å². The van der Waals surface area contributed by atoms with Crippen LogP contribution >= 0.6 is 0 Å². The molecule has 1 aromatic carbocycles. The predicted octanol–water partition coefficient (Wildman–Crippen LogP) is 2.96. The van der Waals surface area contributed by atoms with Crippen LogP contribution in [0.1, 0.15) is 33.1 Å². The number of hydrogen-bond donors (Lipinski definition) is 2. The van der Waals surface area contributed by atoms with E-state index < -0.39 is 4.92 Å². The Morgan fingerprint density at radius 2 is 1.96 bits per heavy atom. The molecule has 2 amide bonds. The van der Waals surface area contributed by atoms with Gasteiger partial charge in [0.25, 0.3) is 5.69 Å². The normalized spacial score (nSPS) is 10.4. The van der Waals surface area contributed by atoms with Gasteiger partial charge in [0.1, 0.15) is 0 Å². The van der Waals surface area contributed by atoms with Crippen molar-refractivity contribution in [2.45, 2.75) is 33.1 Å². The molecule has 2 N–H and O–H groups in total. The molecule has 0 saturated heterocycles. The van der Waals surface area contributed by atoms with E-state index in [1.54, 1.807) is 23.1 Å². The van der Waals surface area contributed by atoms with E-state index in [-0.39, 0.29) is 23.9 Å². The van der Waals surface area contributed by atoms with Crippen LogP contribution in [0.25, 0.3) is 11.3 Å².